The minimum atomic E-state index is -3.90. The average molecular weight is 402 g/mol. The van der Waals surface area contributed by atoms with Crippen LogP contribution in [-0.4, -0.2) is 63.5 Å². The summed E-state index contributed by atoms with van der Waals surface area (Å²) >= 11 is 0. The number of ketones is 1. The molecule has 1 aliphatic rings. The second kappa shape index (κ2) is 7.85. The Morgan fingerprint density at radius 3 is 2.31 bits per heavy atom. The topological polar surface area (TPSA) is 118 Å². The number of nitrogens with one attached hydrogen (secondary N) is 1. The highest BCUT2D eigenvalue weighted by molar-refractivity contribution is 7.91. The number of Topliss-reactive ketones (excluding diaryl/α,β-unsaturated/α-hetero) is 1. The van der Waals surface area contributed by atoms with Crippen molar-refractivity contribution in [3.05, 3.63) is 29.8 Å². The lowest BCUT2D eigenvalue weighted by Gasteiger charge is -2.21. The number of carbonyl (C=O) groups excluding carboxylic acids is 2. The molecular weight excluding hydrogens is 380 g/mol. The number of nitrogens with zero attached hydrogens (tertiary/aromatic N) is 1. The summed E-state index contributed by atoms with van der Waals surface area (Å²) in [5.41, 5.74) is 0.396. The van der Waals surface area contributed by atoms with Crippen molar-refractivity contribution in [3.63, 3.8) is 0 Å². The van der Waals surface area contributed by atoms with Gasteiger partial charge < -0.3 is 5.32 Å². The first-order valence-electron chi connectivity index (χ1n) is 8.16. The molecule has 1 aromatic rings. The third kappa shape index (κ3) is 4.89. The minimum absolute atomic E-state index is 0.0133. The lowest BCUT2D eigenvalue weighted by molar-refractivity contribution is -0.121. The van der Waals surface area contributed by atoms with Gasteiger partial charge in [0.2, 0.25) is 15.9 Å². The maximum Gasteiger partial charge on any atom is 0.243 e. The van der Waals surface area contributed by atoms with Gasteiger partial charge in [-0.1, -0.05) is 19.1 Å². The highest BCUT2D eigenvalue weighted by atomic mass is 32.2. The maximum atomic E-state index is 12.7. The van der Waals surface area contributed by atoms with Crippen molar-refractivity contribution >= 4 is 31.6 Å². The van der Waals surface area contributed by atoms with Crippen LogP contribution in [0.4, 0.5) is 0 Å². The quantitative estimate of drug-likeness (QED) is 0.651. The van der Waals surface area contributed by atoms with Crippen molar-refractivity contribution in [2.45, 2.75) is 31.2 Å². The van der Waals surface area contributed by atoms with Crippen LogP contribution in [0.25, 0.3) is 0 Å². The molecule has 1 aromatic carbocycles. The normalized spacial score (nSPS) is 19.4. The Balaban J connectivity index is 2.08. The molecule has 26 heavy (non-hydrogen) atoms. The summed E-state index contributed by atoms with van der Waals surface area (Å²) in [7, 11) is -7.03. The molecule has 1 atom stereocenters. The van der Waals surface area contributed by atoms with E-state index >= 15 is 0 Å². The van der Waals surface area contributed by atoms with Gasteiger partial charge in [-0.25, -0.2) is 16.8 Å². The Morgan fingerprint density at radius 2 is 1.85 bits per heavy atom. The Morgan fingerprint density at radius 1 is 1.23 bits per heavy atom. The van der Waals surface area contributed by atoms with Crippen LogP contribution in [0.1, 0.15) is 30.6 Å². The standard InChI is InChI=1S/C16H22N2O6S2/c1-3-18(10-16(20)17-14-8-9-25(21,22)11-14)26(23,24)15-6-4-13(5-7-15)12(2)19/h4-7,14H,3,8-11H2,1-2H3,(H,17,20). The summed E-state index contributed by atoms with van der Waals surface area (Å²) in [4.78, 5) is 23.4. The van der Waals surface area contributed by atoms with E-state index in [1.54, 1.807) is 6.92 Å². The maximum absolute atomic E-state index is 12.7. The molecule has 0 spiro atoms. The fourth-order valence-electron chi connectivity index (χ4n) is 2.72. The minimum Gasteiger partial charge on any atom is -0.351 e. The van der Waals surface area contributed by atoms with Crippen LogP contribution < -0.4 is 5.32 Å². The smallest absolute Gasteiger partial charge is 0.243 e. The van der Waals surface area contributed by atoms with Crippen LogP contribution in [0.15, 0.2) is 29.2 Å². The van der Waals surface area contributed by atoms with Gasteiger partial charge >= 0.3 is 0 Å². The van der Waals surface area contributed by atoms with Crippen molar-refractivity contribution < 1.29 is 26.4 Å². The van der Waals surface area contributed by atoms with E-state index in [0.29, 0.717) is 12.0 Å². The van der Waals surface area contributed by atoms with Crippen LogP contribution in [-0.2, 0) is 24.7 Å². The van der Waals surface area contributed by atoms with Gasteiger partial charge in [0.15, 0.2) is 15.6 Å². The summed E-state index contributed by atoms with van der Waals surface area (Å²) in [6.45, 7) is 2.67. The van der Waals surface area contributed by atoms with E-state index in [4.69, 9.17) is 0 Å². The molecule has 1 unspecified atom stereocenters. The molecule has 0 aliphatic carbocycles. The monoisotopic (exact) mass is 402 g/mol. The molecule has 2 rings (SSSR count). The highest BCUT2D eigenvalue weighted by Crippen LogP contribution is 2.17. The Hall–Kier alpha value is -1.78. The molecule has 10 heteroatoms. The van der Waals surface area contributed by atoms with E-state index in [0.717, 1.165) is 4.31 Å². The van der Waals surface area contributed by atoms with Gasteiger partial charge in [-0.05, 0) is 25.5 Å². The van der Waals surface area contributed by atoms with E-state index in [1.807, 2.05) is 0 Å². The molecule has 1 saturated heterocycles. The van der Waals surface area contributed by atoms with Crippen molar-refractivity contribution in [3.8, 4) is 0 Å². The van der Waals surface area contributed by atoms with Crippen molar-refractivity contribution in [2.75, 3.05) is 24.6 Å². The molecule has 8 nitrogen and oxygen atoms in total. The summed E-state index contributed by atoms with van der Waals surface area (Å²) < 4.78 is 49.3. The van der Waals surface area contributed by atoms with Crippen LogP contribution in [0.2, 0.25) is 0 Å². The highest BCUT2D eigenvalue weighted by Gasteiger charge is 2.31. The van der Waals surface area contributed by atoms with Crippen molar-refractivity contribution in [1.82, 2.24) is 9.62 Å². The molecule has 1 heterocycles. The molecule has 144 valence electrons. The number of sulfone groups is 1. The zero-order valence-electron chi connectivity index (χ0n) is 14.6. The van der Waals surface area contributed by atoms with Crippen LogP contribution in [0.5, 0.6) is 0 Å². The lowest BCUT2D eigenvalue weighted by atomic mass is 10.2. The van der Waals surface area contributed by atoms with E-state index in [1.165, 1.54) is 31.2 Å². The number of benzene rings is 1. The lowest BCUT2D eigenvalue weighted by Crippen LogP contribution is -2.44. The number of rotatable bonds is 7. The first-order chi connectivity index (χ1) is 12.0. The molecule has 0 bridgehead atoms. The first-order valence-corrected chi connectivity index (χ1v) is 11.4. The van der Waals surface area contributed by atoms with Gasteiger partial charge in [0, 0.05) is 18.2 Å². The van der Waals surface area contributed by atoms with Gasteiger partial charge in [0.1, 0.15) is 0 Å². The van der Waals surface area contributed by atoms with Gasteiger partial charge in [0.05, 0.1) is 22.9 Å². The molecule has 0 radical (unpaired) electrons. The molecular formula is C16H22N2O6S2. The van der Waals surface area contributed by atoms with Gasteiger partial charge in [-0.2, -0.15) is 4.31 Å². The van der Waals surface area contributed by atoms with E-state index in [-0.39, 0.29) is 28.7 Å². The first kappa shape index (κ1) is 20.5. The summed E-state index contributed by atoms with van der Waals surface area (Å²) in [5.74, 6) is -0.814. The van der Waals surface area contributed by atoms with Gasteiger partial charge in [-0.15, -0.1) is 0 Å². The number of hydrogen-bond acceptors (Lipinski definition) is 6. The van der Waals surface area contributed by atoms with Crippen molar-refractivity contribution in [1.29, 1.82) is 0 Å². The fourth-order valence-corrected chi connectivity index (χ4v) is 5.80. The third-order valence-corrected chi connectivity index (χ3v) is 7.87. The zero-order chi connectivity index (χ0) is 19.5. The fraction of sp³-hybridized carbons (Fsp3) is 0.500. The number of hydrogen-bond donors (Lipinski definition) is 1. The number of sulfonamides is 1. The average Bonchev–Trinajstić information content (AvgIpc) is 2.91. The Labute approximate surface area is 153 Å². The predicted molar refractivity (Wildman–Crippen MR) is 96.1 cm³/mol. The third-order valence-electron chi connectivity index (χ3n) is 4.17. The SMILES string of the molecule is CCN(CC(=O)NC1CCS(=O)(=O)C1)S(=O)(=O)c1ccc(C(C)=O)cc1. The molecule has 1 fully saturated rings. The molecule has 1 aliphatic heterocycles. The number of carbonyl (C=O) groups is 2. The van der Waals surface area contributed by atoms with E-state index in [9.17, 15) is 26.4 Å². The second-order valence-electron chi connectivity index (χ2n) is 6.18. The molecule has 1 amide bonds. The van der Waals surface area contributed by atoms with Gasteiger partial charge in [0.25, 0.3) is 0 Å². The molecule has 0 saturated carbocycles. The van der Waals surface area contributed by atoms with E-state index in [2.05, 4.69) is 5.32 Å². The van der Waals surface area contributed by atoms with Crippen LogP contribution >= 0.6 is 0 Å². The molecule has 1 N–H and O–H groups in total. The summed E-state index contributed by atoms with van der Waals surface area (Å²) in [6, 6.07) is 5.02. The van der Waals surface area contributed by atoms with Crippen molar-refractivity contribution in [2.24, 2.45) is 0 Å². The largest absolute Gasteiger partial charge is 0.351 e. The van der Waals surface area contributed by atoms with Gasteiger partial charge in [-0.3, -0.25) is 9.59 Å². The Bertz CT molecular complexity index is 891. The molecule has 0 aromatic heterocycles. The predicted octanol–water partition coefficient (Wildman–Crippen LogP) is 0.203. The zero-order valence-corrected chi connectivity index (χ0v) is 16.3. The number of amides is 1. The Kier molecular flexibility index (Phi) is 6.20. The van der Waals surface area contributed by atoms with Crippen LogP contribution in [0.3, 0.4) is 0 Å². The summed E-state index contributed by atoms with van der Waals surface area (Å²) in [5, 5.41) is 2.58. The number of likely N-dealkylation sites (N-methyl/N-ethyl adjacent to an activating group) is 1. The van der Waals surface area contributed by atoms with Crippen LogP contribution in [0, 0.1) is 0 Å². The summed E-state index contributed by atoms with van der Waals surface area (Å²) in [6.07, 6.45) is 0.333. The van der Waals surface area contributed by atoms with E-state index < -0.39 is 38.4 Å². The second-order valence-corrected chi connectivity index (χ2v) is 10.3.